The number of aliphatic hydroxyl groups is 1. The maximum Gasteiger partial charge on any atom is 0.308 e. The summed E-state index contributed by atoms with van der Waals surface area (Å²) in [6, 6.07) is 0.216. The molecule has 0 aromatic carbocycles. The molecule has 0 aliphatic heterocycles. The number of nitrogens with zero attached hydrogens (tertiary/aromatic N) is 1. The SMILES string of the molecule is CCCCCCCCC(CCCCCC)C(=O)OCCCCCCN(CCCCCCOC(=O)C(CCCCCC)CCCCCCCC)[C@H](CC)CO. The number of ether oxygens (including phenoxy) is 2. The third-order valence-electron chi connectivity index (χ3n) is 11.7. The van der Waals surface area contributed by atoms with Crippen molar-refractivity contribution in [2.45, 2.75) is 253 Å². The van der Waals surface area contributed by atoms with Crippen molar-refractivity contribution >= 4 is 11.9 Å². The molecule has 0 aromatic heterocycles. The van der Waals surface area contributed by atoms with Crippen molar-refractivity contribution in [2.75, 3.05) is 32.9 Å². The van der Waals surface area contributed by atoms with Gasteiger partial charge in [0.05, 0.1) is 31.7 Å². The average Bonchev–Trinajstić information content (AvgIpc) is 3.18. The van der Waals surface area contributed by atoms with Crippen molar-refractivity contribution < 1.29 is 24.2 Å². The molecule has 0 fully saturated rings. The molecule has 0 bridgehead atoms. The summed E-state index contributed by atoms with van der Waals surface area (Å²) in [5, 5.41) is 10.1. The van der Waals surface area contributed by atoms with Crippen LogP contribution >= 0.6 is 0 Å². The molecule has 0 saturated heterocycles. The van der Waals surface area contributed by atoms with E-state index in [1.54, 1.807) is 0 Å². The van der Waals surface area contributed by atoms with Crippen LogP contribution in [0, 0.1) is 11.8 Å². The molecule has 1 N–H and O–H groups in total. The van der Waals surface area contributed by atoms with Gasteiger partial charge >= 0.3 is 11.9 Å². The van der Waals surface area contributed by atoms with E-state index in [4.69, 9.17) is 9.47 Å². The number of rotatable bonds is 43. The smallest absolute Gasteiger partial charge is 0.308 e. The quantitative estimate of drug-likeness (QED) is 0.0492. The summed E-state index contributed by atoms with van der Waals surface area (Å²) in [5.74, 6) is 0.253. The fraction of sp³-hybridized carbons (Fsp3) is 0.958. The standard InChI is InChI=1S/C48H95NO5/c1-6-11-15-19-21-29-37-44(35-27-17-13-8-3)47(51)53-41-33-25-23-31-39-49(46(10-5)43-50)40-32-24-26-34-42-54-48(52)45(36-28-18-14-9-4)38-30-22-20-16-12-7-2/h44-46,50H,6-43H2,1-5H3/t44?,45?,46-/m1/s1. The van der Waals surface area contributed by atoms with Crippen molar-refractivity contribution in [2.24, 2.45) is 11.8 Å². The minimum Gasteiger partial charge on any atom is -0.465 e. The van der Waals surface area contributed by atoms with E-state index in [9.17, 15) is 14.7 Å². The number of carbonyl (C=O) groups is 2. The third-order valence-corrected chi connectivity index (χ3v) is 11.7. The predicted molar refractivity (Wildman–Crippen MR) is 232 cm³/mol. The van der Waals surface area contributed by atoms with E-state index in [1.165, 1.54) is 103 Å². The molecule has 322 valence electrons. The normalized spacial score (nSPS) is 13.3. The molecule has 0 aromatic rings. The van der Waals surface area contributed by atoms with Gasteiger partial charge in [0.15, 0.2) is 0 Å². The molecule has 0 saturated carbocycles. The van der Waals surface area contributed by atoms with E-state index in [0.717, 1.165) is 122 Å². The van der Waals surface area contributed by atoms with Crippen LogP contribution in [0.4, 0.5) is 0 Å². The molecular weight excluding hydrogens is 671 g/mol. The first-order valence-electron chi connectivity index (χ1n) is 24.2. The van der Waals surface area contributed by atoms with Gasteiger partial charge in [-0.1, -0.05) is 189 Å². The van der Waals surface area contributed by atoms with E-state index in [-0.39, 0.29) is 36.4 Å². The fourth-order valence-electron chi connectivity index (χ4n) is 7.84. The highest BCUT2D eigenvalue weighted by atomic mass is 16.5. The van der Waals surface area contributed by atoms with Gasteiger partial charge in [0.25, 0.3) is 0 Å². The number of hydrogen-bond acceptors (Lipinski definition) is 6. The molecule has 6 nitrogen and oxygen atoms in total. The van der Waals surface area contributed by atoms with E-state index in [1.807, 2.05) is 0 Å². The minimum atomic E-state index is 0.0450. The zero-order valence-electron chi connectivity index (χ0n) is 37.1. The van der Waals surface area contributed by atoms with Gasteiger partial charge in [-0.25, -0.2) is 0 Å². The molecule has 0 amide bonds. The lowest BCUT2D eigenvalue weighted by atomic mass is 9.94. The summed E-state index contributed by atoms with van der Waals surface area (Å²) in [6.07, 6.45) is 38.2. The summed E-state index contributed by atoms with van der Waals surface area (Å²) in [4.78, 5) is 28.4. The molecule has 6 heteroatoms. The Labute approximate surface area is 337 Å². The number of hydrogen-bond donors (Lipinski definition) is 1. The first-order valence-corrected chi connectivity index (χ1v) is 24.2. The lowest BCUT2D eigenvalue weighted by Crippen LogP contribution is -2.39. The Morgan fingerprint density at radius 3 is 1.06 bits per heavy atom. The Hall–Kier alpha value is -1.14. The zero-order chi connectivity index (χ0) is 39.7. The summed E-state index contributed by atoms with van der Waals surface area (Å²) < 4.78 is 11.6. The lowest BCUT2D eigenvalue weighted by Gasteiger charge is -2.30. The van der Waals surface area contributed by atoms with Crippen molar-refractivity contribution in [3.63, 3.8) is 0 Å². The molecule has 2 unspecified atom stereocenters. The van der Waals surface area contributed by atoms with Gasteiger partial charge in [0.2, 0.25) is 0 Å². The van der Waals surface area contributed by atoms with Crippen LogP contribution in [0.1, 0.15) is 247 Å². The Morgan fingerprint density at radius 2 is 0.722 bits per heavy atom. The third kappa shape index (κ3) is 32.0. The second kappa shape index (κ2) is 41.5. The van der Waals surface area contributed by atoms with Crippen LogP contribution < -0.4 is 0 Å². The van der Waals surface area contributed by atoms with Crippen LogP contribution in [-0.2, 0) is 19.1 Å². The number of unbranched alkanes of at least 4 members (excludes halogenated alkanes) is 22. The van der Waals surface area contributed by atoms with Gasteiger partial charge in [-0.05, 0) is 70.9 Å². The van der Waals surface area contributed by atoms with Crippen LogP contribution in [0.5, 0.6) is 0 Å². The van der Waals surface area contributed by atoms with Crippen molar-refractivity contribution in [1.82, 2.24) is 4.90 Å². The van der Waals surface area contributed by atoms with Gasteiger partial charge in [0, 0.05) is 6.04 Å². The van der Waals surface area contributed by atoms with E-state index < -0.39 is 0 Å². The average molecular weight is 766 g/mol. The maximum atomic E-state index is 13.0. The zero-order valence-corrected chi connectivity index (χ0v) is 37.1. The minimum absolute atomic E-state index is 0.0450. The highest BCUT2D eigenvalue weighted by Crippen LogP contribution is 2.22. The Balaban J connectivity index is 4.41. The highest BCUT2D eigenvalue weighted by Gasteiger charge is 2.21. The van der Waals surface area contributed by atoms with E-state index in [0.29, 0.717) is 13.2 Å². The van der Waals surface area contributed by atoms with Gasteiger partial charge < -0.3 is 14.6 Å². The largest absolute Gasteiger partial charge is 0.465 e. The van der Waals surface area contributed by atoms with Crippen molar-refractivity contribution in [1.29, 1.82) is 0 Å². The summed E-state index contributed by atoms with van der Waals surface area (Å²) in [5.41, 5.74) is 0. The Morgan fingerprint density at radius 1 is 0.426 bits per heavy atom. The molecule has 0 aliphatic carbocycles. The molecule has 0 spiro atoms. The predicted octanol–water partition coefficient (Wildman–Crippen LogP) is 13.9. The molecular formula is C48H95NO5. The van der Waals surface area contributed by atoms with Crippen LogP contribution in [-0.4, -0.2) is 60.9 Å². The second-order valence-corrected chi connectivity index (χ2v) is 16.6. The van der Waals surface area contributed by atoms with Crippen LogP contribution in [0.2, 0.25) is 0 Å². The lowest BCUT2D eigenvalue weighted by molar-refractivity contribution is -0.150. The first kappa shape index (κ1) is 52.9. The summed E-state index contributed by atoms with van der Waals surface area (Å²) in [7, 11) is 0. The van der Waals surface area contributed by atoms with Gasteiger partial charge in [-0.3, -0.25) is 14.5 Å². The monoisotopic (exact) mass is 766 g/mol. The molecule has 0 radical (unpaired) electrons. The second-order valence-electron chi connectivity index (χ2n) is 16.6. The molecule has 0 aliphatic rings. The first-order chi connectivity index (χ1) is 26.5. The van der Waals surface area contributed by atoms with Crippen LogP contribution in [0.3, 0.4) is 0 Å². The van der Waals surface area contributed by atoms with E-state index in [2.05, 4.69) is 39.5 Å². The maximum absolute atomic E-state index is 13.0. The van der Waals surface area contributed by atoms with Gasteiger partial charge in [-0.15, -0.1) is 0 Å². The Bertz CT molecular complexity index is 729. The number of esters is 2. The van der Waals surface area contributed by atoms with Crippen molar-refractivity contribution in [3.8, 4) is 0 Å². The Kier molecular flexibility index (Phi) is 40.6. The highest BCUT2D eigenvalue weighted by molar-refractivity contribution is 5.72. The summed E-state index contributed by atoms with van der Waals surface area (Å²) in [6.45, 7) is 14.5. The van der Waals surface area contributed by atoms with Crippen LogP contribution in [0.15, 0.2) is 0 Å². The topological polar surface area (TPSA) is 76.1 Å². The van der Waals surface area contributed by atoms with Gasteiger partial charge in [0.1, 0.15) is 0 Å². The molecule has 54 heavy (non-hydrogen) atoms. The van der Waals surface area contributed by atoms with Crippen LogP contribution in [0.25, 0.3) is 0 Å². The van der Waals surface area contributed by atoms with Crippen molar-refractivity contribution in [3.05, 3.63) is 0 Å². The summed E-state index contributed by atoms with van der Waals surface area (Å²) >= 11 is 0. The number of aliphatic hydroxyl groups excluding tert-OH is 1. The molecule has 3 atom stereocenters. The number of carbonyl (C=O) groups excluding carboxylic acids is 2. The molecule has 0 heterocycles. The van der Waals surface area contributed by atoms with Gasteiger partial charge in [-0.2, -0.15) is 0 Å². The fourth-order valence-corrected chi connectivity index (χ4v) is 7.84. The van der Waals surface area contributed by atoms with E-state index >= 15 is 0 Å². The molecule has 0 rings (SSSR count).